The van der Waals surface area contributed by atoms with Gasteiger partial charge in [0.2, 0.25) is 0 Å². The third-order valence-electron chi connectivity index (χ3n) is 2.69. The van der Waals surface area contributed by atoms with Gasteiger partial charge in [0.25, 0.3) is 0 Å². The van der Waals surface area contributed by atoms with Crippen LogP contribution in [0.15, 0.2) is 42.5 Å². The van der Waals surface area contributed by atoms with Crippen LogP contribution in [0.2, 0.25) is 15.1 Å². The highest BCUT2D eigenvalue weighted by atomic mass is 35.5. The largest absolute Gasteiger partial charge is 0.479 e. The Hall–Kier alpha value is -1.42. The first-order chi connectivity index (χ1) is 9.49. The van der Waals surface area contributed by atoms with E-state index in [-0.39, 0.29) is 0 Å². The lowest BCUT2D eigenvalue weighted by molar-refractivity contribution is -0.138. The van der Waals surface area contributed by atoms with E-state index in [4.69, 9.17) is 34.8 Å². The molecule has 0 saturated carbocycles. The second-order valence-corrected chi connectivity index (χ2v) is 5.31. The predicted molar refractivity (Wildman–Crippen MR) is 81.9 cm³/mol. The molecule has 0 spiro atoms. The second kappa shape index (κ2) is 6.35. The standard InChI is InChI=1S/C14H10Cl3NO2/c15-8-5-6-10(16)9(7-8)13(14(19)20)18-12-4-2-1-3-11(12)17/h1-7,13,18H,(H,19,20). The number of carboxylic acids is 1. The van der Waals surface area contributed by atoms with Gasteiger partial charge in [-0.05, 0) is 30.3 Å². The molecule has 0 aliphatic carbocycles. The fourth-order valence-electron chi connectivity index (χ4n) is 1.74. The molecule has 0 saturated heterocycles. The van der Waals surface area contributed by atoms with Crippen LogP contribution < -0.4 is 5.32 Å². The molecule has 6 heteroatoms. The average molecular weight is 331 g/mol. The summed E-state index contributed by atoms with van der Waals surface area (Å²) >= 11 is 18.0. The third-order valence-corrected chi connectivity index (χ3v) is 3.60. The zero-order valence-electron chi connectivity index (χ0n) is 10.1. The van der Waals surface area contributed by atoms with Crippen molar-refractivity contribution < 1.29 is 9.90 Å². The molecule has 2 aromatic rings. The van der Waals surface area contributed by atoms with E-state index in [1.54, 1.807) is 36.4 Å². The van der Waals surface area contributed by atoms with Gasteiger partial charge in [0, 0.05) is 15.6 Å². The van der Waals surface area contributed by atoms with E-state index in [0.29, 0.717) is 26.3 Å². The number of hydrogen-bond donors (Lipinski definition) is 2. The van der Waals surface area contributed by atoms with Crippen molar-refractivity contribution >= 4 is 46.5 Å². The van der Waals surface area contributed by atoms with Gasteiger partial charge in [-0.25, -0.2) is 4.79 Å². The van der Waals surface area contributed by atoms with Crippen LogP contribution in [0.5, 0.6) is 0 Å². The molecular weight excluding hydrogens is 321 g/mol. The Morgan fingerprint density at radius 1 is 1.05 bits per heavy atom. The molecule has 3 nitrogen and oxygen atoms in total. The maximum Gasteiger partial charge on any atom is 0.330 e. The van der Waals surface area contributed by atoms with Gasteiger partial charge in [0.1, 0.15) is 0 Å². The first-order valence-electron chi connectivity index (χ1n) is 5.68. The Balaban J connectivity index is 2.40. The van der Waals surface area contributed by atoms with E-state index < -0.39 is 12.0 Å². The monoisotopic (exact) mass is 329 g/mol. The minimum absolute atomic E-state index is 0.321. The van der Waals surface area contributed by atoms with Crippen LogP contribution in [-0.2, 0) is 4.79 Å². The molecule has 20 heavy (non-hydrogen) atoms. The van der Waals surface area contributed by atoms with Gasteiger partial charge in [0.05, 0.1) is 10.7 Å². The fourth-order valence-corrected chi connectivity index (χ4v) is 2.34. The summed E-state index contributed by atoms with van der Waals surface area (Å²) in [6, 6.07) is 10.5. The Kier molecular flexibility index (Phi) is 4.76. The predicted octanol–water partition coefficient (Wildman–Crippen LogP) is 4.88. The lowest BCUT2D eigenvalue weighted by atomic mass is 10.1. The molecule has 2 N–H and O–H groups in total. The van der Waals surface area contributed by atoms with Gasteiger partial charge in [-0.3, -0.25) is 0 Å². The summed E-state index contributed by atoms with van der Waals surface area (Å²) < 4.78 is 0. The Morgan fingerprint density at radius 3 is 2.40 bits per heavy atom. The molecule has 0 aromatic heterocycles. The van der Waals surface area contributed by atoms with Gasteiger partial charge in [-0.2, -0.15) is 0 Å². The number of anilines is 1. The van der Waals surface area contributed by atoms with Crippen LogP contribution in [-0.4, -0.2) is 11.1 Å². The molecule has 104 valence electrons. The number of carbonyl (C=O) groups is 1. The first-order valence-corrected chi connectivity index (χ1v) is 6.81. The van der Waals surface area contributed by atoms with Crippen LogP contribution >= 0.6 is 34.8 Å². The zero-order chi connectivity index (χ0) is 14.7. The van der Waals surface area contributed by atoms with Crippen molar-refractivity contribution in [3.05, 3.63) is 63.1 Å². The summed E-state index contributed by atoms with van der Waals surface area (Å²) in [5, 5.41) is 13.4. The molecule has 1 unspecified atom stereocenters. The van der Waals surface area contributed by atoms with Crippen molar-refractivity contribution in [3.8, 4) is 0 Å². The number of aliphatic carboxylic acids is 1. The fraction of sp³-hybridized carbons (Fsp3) is 0.0714. The van der Waals surface area contributed by atoms with E-state index in [2.05, 4.69) is 5.32 Å². The second-order valence-electron chi connectivity index (χ2n) is 4.06. The number of hydrogen-bond acceptors (Lipinski definition) is 2. The minimum Gasteiger partial charge on any atom is -0.479 e. The number of para-hydroxylation sites is 1. The minimum atomic E-state index is -1.07. The lowest BCUT2D eigenvalue weighted by Crippen LogP contribution is -2.21. The van der Waals surface area contributed by atoms with Gasteiger partial charge in [-0.15, -0.1) is 0 Å². The summed E-state index contributed by atoms with van der Waals surface area (Å²) in [5.74, 6) is -1.07. The Bertz CT molecular complexity index is 646. The molecule has 0 aliphatic heterocycles. The van der Waals surface area contributed by atoms with Crippen molar-refractivity contribution in [1.82, 2.24) is 0 Å². The van der Waals surface area contributed by atoms with Crippen molar-refractivity contribution in [3.63, 3.8) is 0 Å². The topological polar surface area (TPSA) is 49.3 Å². The van der Waals surface area contributed by atoms with Crippen LogP contribution in [0.1, 0.15) is 11.6 Å². The van der Waals surface area contributed by atoms with Crippen molar-refractivity contribution in [2.24, 2.45) is 0 Å². The van der Waals surface area contributed by atoms with Crippen molar-refractivity contribution in [1.29, 1.82) is 0 Å². The van der Waals surface area contributed by atoms with E-state index in [1.165, 1.54) is 6.07 Å². The van der Waals surface area contributed by atoms with Gasteiger partial charge < -0.3 is 10.4 Å². The van der Waals surface area contributed by atoms with Crippen LogP contribution in [0.4, 0.5) is 5.69 Å². The van der Waals surface area contributed by atoms with E-state index >= 15 is 0 Å². The van der Waals surface area contributed by atoms with Gasteiger partial charge >= 0.3 is 5.97 Å². The maximum atomic E-state index is 11.5. The van der Waals surface area contributed by atoms with E-state index in [0.717, 1.165) is 0 Å². The quantitative estimate of drug-likeness (QED) is 0.839. The molecule has 0 fully saturated rings. The van der Waals surface area contributed by atoms with Crippen LogP contribution in [0.25, 0.3) is 0 Å². The number of rotatable bonds is 4. The third kappa shape index (κ3) is 3.37. The summed E-state index contributed by atoms with van der Waals surface area (Å²) in [4.78, 5) is 11.5. The lowest BCUT2D eigenvalue weighted by Gasteiger charge is -2.18. The van der Waals surface area contributed by atoms with Crippen LogP contribution in [0.3, 0.4) is 0 Å². The normalized spacial score (nSPS) is 11.9. The molecule has 1 atom stereocenters. The molecule has 0 bridgehead atoms. The molecule has 0 aliphatic rings. The van der Waals surface area contributed by atoms with Gasteiger partial charge in [0.15, 0.2) is 6.04 Å². The number of halogens is 3. The summed E-state index contributed by atoms with van der Waals surface area (Å²) in [6.45, 7) is 0. The van der Waals surface area contributed by atoms with E-state index in [9.17, 15) is 9.90 Å². The number of carboxylic acid groups (broad SMARTS) is 1. The zero-order valence-corrected chi connectivity index (χ0v) is 12.4. The summed E-state index contributed by atoms with van der Waals surface area (Å²) in [7, 11) is 0. The molecule has 2 rings (SSSR count). The summed E-state index contributed by atoms with van der Waals surface area (Å²) in [6.07, 6.45) is 0. The molecular formula is C14H10Cl3NO2. The molecule has 0 heterocycles. The summed E-state index contributed by atoms with van der Waals surface area (Å²) in [5.41, 5.74) is 0.893. The molecule has 0 radical (unpaired) electrons. The highest BCUT2D eigenvalue weighted by Crippen LogP contribution is 2.31. The average Bonchev–Trinajstić information content (AvgIpc) is 2.40. The smallest absolute Gasteiger partial charge is 0.330 e. The first kappa shape index (κ1) is 15.0. The highest BCUT2D eigenvalue weighted by Gasteiger charge is 2.23. The van der Waals surface area contributed by atoms with Crippen molar-refractivity contribution in [2.45, 2.75) is 6.04 Å². The molecule has 2 aromatic carbocycles. The Labute approximate surface area is 131 Å². The number of benzene rings is 2. The van der Waals surface area contributed by atoms with Gasteiger partial charge in [-0.1, -0.05) is 46.9 Å². The molecule has 0 amide bonds. The van der Waals surface area contributed by atoms with Crippen LogP contribution in [0, 0.1) is 0 Å². The SMILES string of the molecule is O=C(O)C(Nc1ccccc1Cl)c1cc(Cl)ccc1Cl. The van der Waals surface area contributed by atoms with E-state index in [1.807, 2.05) is 0 Å². The Morgan fingerprint density at radius 2 is 1.75 bits per heavy atom. The van der Waals surface area contributed by atoms with Crippen molar-refractivity contribution in [2.75, 3.05) is 5.32 Å². The number of nitrogens with one attached hydrogen (secondary N) is 1. The maximum absolute atomic E-state index is 11.5. The highest BCUT2D eigenvalue weighted by molar-refractivity contribution is 6.34.